The zero-order valence-corrected chi connectivity index (χ0v) is 11.6. The standard InChI is InChI=1S/C15H22N2O2/c1-18-15(19-2)8-10-16-9-7-12-11-17-14-6-4-3-5-13(12)14/h3-6,11,15-17H,7-10H2,1-2H3. The first-order chi connectivity index (χ1) is 9.35. The van der Waals surface area contributed by atoms with Gasteiger partial charge in [0, 0.05) is 37.7 Å². The number of benzene rings is 1. The molecule has 0 spiro atoms. The Hall–Kier alpha value is -1.36. The van der Waals surface area contributed by atoms with Crippen LogP contribution in [0.1, 0.15) is 12.0 Å². The minimum absolute atomic E-state index is 0.111. The Morgan fingerprint density at radius 2 is 1.95 bits per heavy atom. The second-order valence-corrected chi connectivity index (χ2v) is 4.55. The van der Waals surface area contributed by atoms with Gasteiger partial charge < -0.3 is 19.8 Å². The average Bonchev–Trinajstić information content (AvgIpc) is 2.86. The molecule has 19 heavy (non-hydrogen) atoms. The summed E-state index contributed by atoms with van der Waals surface area (Å²) in [5, 5.41) is 4.73. The minimum Gasteiger partial charge on any atom is -0.361 e. The highest BCUT2D eigenvalue weighted by Gasteiger charge is 2.04. The van der Waals surface area contributed by atoms with E-state index in [2.05, 4.69) is 40.8 Å². The number of H-pyrrole nitrogens is 1. The highest BCUT2D eigenvalue weighted by atomic mass is 16.7. The number of rotatable bonds is 8. The van der Waals surface area contributed by atoms with Gasteiger partial charge >= 0.3 is 0 Å². The summed E-state index contributed by atoms with van der Waals surface area (Å²) >= 11 is 0. The summed E-state index contributed by atoms with van der Waals surface area (Å²) in [7, 11) is 3.33. The van der Waals surface area contributed by atoms with Crippen LogP contribution in [0.25, 0.3) is 10.9 Å². The van der Waals surface area contributed by atoms with Gasteiger partial charge in [0.2, 0.25) is 0 Å². The number of hydrogen-bond donors (Lipinski definition) is 2. The monoisotopic (exact) mass is 262 g/mol. The predicted octanol–water partition coefficient (Wildman–Crippen LogP) is 2.31. The molecule has 1 heterocycles. The zero-order chi connectivity index (χ0) is 13.5. The van der Waals surface area contributed by atoms with Crippen molar-refractivity contribution in [3.63, 3.8) is 0 Å². The molecule has 2 rings (SSSR count). The molecule has 0 radical (unpaired) electrons. The van der Waals surface area contributed by atoms with Crippen LogP contribution in [-0.4, -0.2) is 38.6 Å². The molecular weight excluding hydrogens is 240 g/mol. The second-order valence-electron chi connectivity index (χ2n) is 4.55. The van der Waals surface area contributed by atoms with Gasteiger partial charge in [0.1, 0.15) is 0 Å². The highest BCUT2D eigenvalue weighted by Crippen LogP contribution is 2.17. The Morgan fingerprint density at radius 1 is 1.16 bits per heavy atom. The van der Waals surface area contributed by atoms with E-state index in [-0.39, 0.29) is 6.29 Å². The van der Waals surface area contributed by atoms with Crippen molar-refractivity contribution in [3.05, 3.63) is 36.0 Å². The lowest BCUT2D eigenvalue weighted by atomic mass is 10.1. The molecule has 0 unspecified atom stereocenters. The van der Waals surface area contributed by atoms with Gasteiger partial charge in [0.25, 0.3) is 0 Å². The Balaban J connectivity index is 1.74. The molecule has 0 amide bonds. The molecule has 2 aromatic rings. The third-order valence-electron chi connectivity index (χ3n) is 3.33. The lowest BCUT2D eigenvalue weighted by Gasteiger charge is -2.13. The van der Waals surface area contributed by atoms with E-state index in [1.165, 1.54) is 16.5 Å². The number of nitrogens with one attached hydrogen (secondary N) is 2. The van der Waals surface area contributed by atoms with Crippen LogP contribution < -0.4 is 5.32 Å². The van der Waals surface area contributed by atoms with Gasteiger partial charge in [0.15, 0.2) is 6.29 Å². The summed E-state index contributed by atoms with van der Waals surface area (Å²) in [4.78, 5) is 3.30. The third kappa shape index (κ3) is 3.80. The molecule has 4 nitrogen and oxygen atoms in total. The largest absolute Gasteiger partial charge is 0.361 e. The van der Waals surface area contributed by atoms with Crippen molar-refractivity contribution in [1.82, 2.24) is 10.3 Å². The normalized spacial score (nSPS) is 11.5. The van der Waals surface area contributed by atoms with E-state index in [4.69, 9.17) is 9.47 Å². The number of aromatic amines is 1. The van der Waals surface area contributed by atoms with Crippen LogP contribution in [0, 0.1) is 0 Å². The van der Waals surface area contributed by atoms with Crippen LogP contribution in [-0.2, 0) is 15.9 Å². The molecule has 0 aliphatic rings. The fourth-order valence-electron chi connectivity index (χ4n) is 2.24. The van der Waals surface area contributed by atoms with E-state index in [9.17, 15) is 0 Å². The molecule has 1 aromatic carbocycles. The molecule has 4 heteroatoms. The number of ether oxygens (including phenoxy) is 2. The Morgan fingerprint density at radius 3 is 2.74 bits per heavy atom. The van der Waals surface area contributed by atoms with Crippen LogP contribution in [0.2, 0.25) is 0 Å². The topological polar surface area (TPSA) is 46.3 Å². The van der Waals surface area contributed by atoms with E-state index in [1.54, 1.807) is 14.2 Å². The van der Waals surface area contributed by atoms with E-state index in [1.807, 2.05) is 0 Å². The van der Waals surface area contributed by atoms with Gasteiger partial charge in [-0.3, -0.25) is 0 Å². The molecule has 0 saturated heterocycles. The third-order valence-corrected chi connectivity index (χ3v) is 3.33. The summed E-state index contributed by atoms with van der Waals surface area (Å²) in [6.45, 7) is 1.86. The molecule has 0 bridgehead atoms. The molecule has 1 aromatic heterocycles. The van der Waals surface area contributed by atoms with Crippen molar-refractivity contribution in [3.8, 4) is 0 Å². The zero-order valence-electron chi connectivity index (χ0n) is 11.6. The molecule has 2 N–H and O–H groups in total. The van der Waals surface area contributed by atoms with Crippen molar-refractivity contribution in [2.75, 3.05) is 27.3 Å². The van der Waals surface area contributed by atoms with E-state index >= 15 is 0 Å². The van der Waals surface area contributed by atoms with Gasteiger partial charge in [-0.05, 0) is 31.1 Å². The lowest BCUT2D eigenvalue weighted by Crippen LogP contribution is -2.24. The van der Waals surface area contributed by atoms with Crippen molar-refractivity contribution in [2.24, 2.45) is 0 Å². The smallest absolute Gasteiger partial charge is 0.158 e. The molecule has 0 aliphatic heterocycles. The van der Waals surface area contributed by atoms with Crippen LogP contribution in [0.3, 0.4) is 0 Å². The van der Waals surface area contributed by atoms with Crippen LogP contribution >= 0.6 is 0 Å². The van der Waals surface area contributed by atoms with Gasteiger partial charge in [-0.15, -0.1) is 0 Å². The van der Waals surface area contributed by atoms with E-state index in [0.29, 0.717) is 0 Å². The van der Waals surface area contributed by atoms with Crippen molar-refractivity contribution >= 4 is 10.9 Å². The number of hydrogen-bond acceptors (Lipinski definition) is 3. The Labute approximate surface area is 114 Å². The molecule has 0 fully saturated rings. The predicted molar refractivity (Wildman–Crippen MR) is 77.3 cm³/mol. The lowest BCUT2D eigenvalue weighted by molar-refractivity contribution is -0.105. The summed E-state index contributed by atoms with van der Waals surface area (Å²) in [5.41, 5.74) is 2.56. The SMILES string of the molecule is COC(CCNCCc1c[nH]c2ccccc12)OC. The maximum Gasteiger partial charge on any atom is 0.158 e. The Bertz CT molecular complexity index is 492. The fourth-order valence-corrected chi connectivity index (χ4v) is 2.24. The van der Waals surface area contributed by atoms with Crippen molar-refractivity contribution < 1.29 is 9.47 Å². The van der Waals surface area contributed by atoms with Crippen LogP contribution in [0.15, 0.2) is 30.5 Å². The molecular formula is C15H22N2O2. The van der Waals surface area contributed by atoms with Crippen LogP contribution in [0.5, 0.6) is 0 Å². The first-order valence-corrected chi connectivity index (χ1v) is 6.66. The van der Waals surface area contributed by atoms with Crippen molar-refractivity contribution in [2.45, 2.75) is 19.1 Å². The van der Waals surface area contributed by atoms with Gasteiger partial charge in [-0.1, -0.05) is 18.2 Å². The average molecular weight is 262 g/mol. The summed E-state index contributed by atoms with van der Waals surface area (Å²) < 4.78 is 10.3. The van der Waals surface area contributed by atoms with E-state index < -0.39 is 0 Å². The Kier molecular flexibility index (Phi) is 5.39. The fraction of sp³-hybridized carbons (Fsp3) is 0.467. The maximum atomic E-state index is 5.14. The number of aromatic nitrogens is 1. The van der Waals surface area contributed by atoms with Gasteiger partial charge in [-0.25, -0.2) is 0 Å². The first kappa shape index (κ1) is 14.1. The van der Waals surface area contributed by atoms with Gasteiger partial charge in [-0.2, -0.15) is 0 Å². The minimum atomic E-state index is -0.111. The molecule has 104 valence electrons. The van der Waals surface area contributed by atoms with Gasteiger partial charge in [0.05, 0.1) is 0 Å². The number of fused-ring (bicyclic) bond motifs is 1. The van der Waals surface area contributed by atoms with E-state index in [0.717, 1.165) is 25.9 Å². The first-order valence-electron chi connectivity index (χ1n) is 6.66. The summed E-state index contributed by atoms with van der Waals surface area (Å²) in [6.07, 6.45) is 3.87. The molecule has 0 saturated carbocycles. The number of para-hydroxylation sites is 1. The number of methoxy groups -OCH3 is 2. The molecule has 0 atom stereocenters. The summed E-state index contributed by atoms with van der Waals surface area (Å²) in [5.74, 6) is 0. The molecule has 0 aliphatic carbocycles. The van der Waals surface area contributed by atoms with Crippen molar-refractivity contribution in [1.29, 1.82) is 0 Å². The summed E-state index contributed by atoms with van der Waals surface area (Å²) in [6, 6.07) is 8.40. The second kappa shape index (κ2) is 7.28. The quantitative estimate of drug-likeness (QED) is 0.567. The highest BCUT2D eigenvalue weighted by molar-refractivity contribution is 5.83. The maximum absolute atomic E-state index is 5.14. The van der Waals surface area contributed by atoms with Crippen LogP contribution in [0.4, 0.5) is 0 Å².